The maximum Gasteiger partial charge on any atom is 0.106 e. The molecule has 0 saturated carbocycles. The fourth-order valence-corrected chi connectivity index (χ4v) is 2.55. The topological polar surface area (TPSA) is 60.2 Å². The number of nitrogens with one attached hydrogen (secondary N) is 1. The van der Waals surface area contributed by atoms with Crippen LogP contribution in [0.15, 0.2) is 17.6 Å². The van der Waals surface area contributed by atoms with Crippen molar-refractivity contribution in [3.63, 3.8) is 0 Å². The van der Waals surface area contributed by atoms with Gasteiger partial charge < -0.3 is 15.8 Å². The van der Waals surface area contributed by atoms with Crippen LogP contribution in [-0.2, 0) is 4.74 Å². The van der Waals surface area contributed by atoms with Crippen molar-refractivity contribution in [2.75, 3.05) is 24.2 Å². The number of hydrogen-bond donors (Lipinski definition) is 2. The van der Waals surface area contributed by atoms with Crippen molar-refractivity contribution in [1.29, 1.82) is 0 Å². The minimum atomic E-state index is -0.210. The number of hydrogen-bond acceptors (Lipinski definition) is 5. The Morgan fingerprint density at radius 3 is 2.94 bits per heavy atom. The molecule has 98 valence electrons. The van der Waals surface area contributed by atoms with Crippen molar-refractivity contribution in [1.82, 2.24) is 4.98 Å². The van der Waals surface area contributed by atoms with Gasteiger partial charge in [-0.25, -0.2) is 4.98 Å². The van der Waals surface area contributed by atoms with E-state index in [0.29, 0.717) is 18.8 Å². The SMILES string of the molecule is CCOC(C)(C)CNc1ccc2scnc2c1N. The molecule has 3 N–H and O–H groups in total. The van der Waals surface area contributed by atoms with Gasteiger partial charge in [0.25, 0.3) is 0 Å². The lowest BCUT2D eigenvalue weighted by Gasteiger charge is -2.25. The van der Waals surface area contributed by atoms with Crippen molar-refractivity contribution in [3.8, 4) is 0 Å². The molecular formula is C13H19N3OS. The van der Waals surface area contributed by atoms with Crippen molar-refractivity contribution >= 4 is 32.9 Å². The lowest BCUT2D eigenvalue weighted by atomic mass is 10.1. The summed E-state index contributed by atoms with van der Waals surface area (Å²) in [6.07, 6.45) is 0. The smallest absolute Gasteiger partial charge is 0.106 e. The Bertz CT molecular complexity index is 536. The van der Waals surface area contributed by atoms with Gasteiger partial charge in [-0.15, -0.1) is 11.3 Å². The minimum absolute atomic E-state index is 0.210. The van der Waals surface area contributed by atoms with Gasteiger partial charge >= 0.3 is 0 Å². The normalized spacial score (nSPS) is 11.9. The van der Waals surface area contributed by atoms with Crippen LogP contribution in [0.5, 0.6) is 0 Å². The predicted molar refractivity (Wildman–Crippen MR) is 78.2 cm³/mol. The average molecular weight is 265 g/mol. The molecule has 0 saturated heterocycles. The lowest BCUT2D eigenvalue weighted by Crippen LogP contribution is -2.33. The minimum Gasteiger partial charge on any atom is -0.395 e. The van der Waals surface area contributed by atoms with Gasteiger partial charge in [0.05, 0.1) is 27.2 Å². The standard InChI is InChI=1S/C13H19N3OS/c1-4-17-13(2,3)7-15-9-5-6-10-12(11(9)14)16-8-18-10/h5-6,8,15H,4,7,14H2,1-3H3. The molecule has 18 heavy (non-hydrogen) atoms. The van der Waals surface area contributed by atoms with E-state index in [-0.39, 0.29) is 5.60 Å². The Labute approximate surface area is 111 Å². The number of benzene rings is 1. The molecule has 4 nitrogen and oxygen atoms in total. The van der Waals surface area contributed by atoms with Gasteiger partial charge in [-0.3, -0.25) is 0 Å². The summed E-state index contributed by atoms with van der Waals surface area (Å²) < 4.78 is 6.76. The van der Waals surface area contributed by atoms with Gasteiger partial charge in [0.1, 0.15) is 5.52 Å². The Balaban J connectivity index is 2.14. The maximum absolute atomic E-state index is 6.11. The number of rotatable bonds is 5. The van der Waals surface area contributed by atoms with Gasteiger partial charge in [0, 0.05) is 13.2 Å². The van der Waals surface area contributed by atoms with Gasteiger partial charge in [-0.05, 0) is 32.9 Å². The average Bonchev–Trinajstić information content (AvgIpc) is 2.77. The number of thiazole rings is 1. The van der Waals surface area contributed by atoms with E-state index in [2.05, 4.69) is 24.1 Å². The summed E-state index contributed by atoms with van der Waals surface area (Å²) in [6.45, 7) is 7.52. The van der Waals surface area contributed by atoms with Crippen LogP contribution in [-0.4, -0.2) is 23.7 Å². The zero-order valence-corrected chi connectivity index (χ0v) is 11.8. The fraction of sp³-hybridized carbons (Fsp3) is 0.462. The number of nitrogens with two attached hydrogens (primary N) is 1. The summed E-state index contributed by atoms with van der Waals surface area (Å²) >= 11 is 1.60. The first-order chi connectivity index (χ1) is 8.53. The summed E-state index contributed by atoms with van der Waals surface area (Å²) in [5.74, 6) is 0. The van der Waals surface area contributed by atoms with Crippen LogP contribution in [0.2, 0.25) is 0 Å². The summed E-state index contributed by atoms with van der Waals surface area (Å²) in [7, 11) is 0. The van der Waals surface area contributed by atoms with Crippen molar-refractivity contribution in [2.24, 2.45) is 0 Å². The fourth-order valence-electron chi connectivity index (χ4n) is 1.86. The summed E-state index contributed by atoms with van der Waals surface area (Å²) in [5, 5.41) is 3.33. The van der Waals surface area contributed by atoms with Crippen LogP contribution in [0.1, 0.15) is 20.8 Å². The molecule has 0 aliphatic rings. The van der Waals surface area contributed by atoms with Crippen LogP contribution < -0.4 is 11.1 Å². The van der Waals surface area contributed by atoms with Crippen LogP contribution in [0.25, 0.3) is 10.2 Å². The third kappa shape index (κ3) is 2.73. The number of nitrogens with zero attached hydrogens (tertiary/aromatic N) is 1. The van der Waals surface area contributed by atoms with Crippen LogP contribution >= 0.6 is 11.3 Å². The van der Waals surface area contributed by atoms with Crippen molar-refractivity contribution < 1.29 is 4.74 Å². The molecule has 0 bridgehead atoms. The Hall–Kier alpha value is -1.33. The molecular weight excluding hydrogens is 246 g/mol. The lowest BCUT2D eigenvalue weighted by molar-refractivity contribution is 0.000711. The van der Waals surface area contributed by atoms with E-state index < -0.39 is 0 Å². The number of ether oxygens (including phenoxy) is 1. The number of aromatic nitrogens is 1. The quantitative estimate of drug-likeness (QED) is 0.816. The van der Waals surface area contributed by atoms with Crippen molar-refractivity contribution in [3.05, 3.63) is 17.6 Å². The second-order valence-electron chi connectivity index (χ2n) is 4.77. The Kier molecular flexibility index (Phi) is 3.73. The van der Waals surface area contributed by atoms with E-state index in [1.807, 2.05) is 24.6 Å². The molecule has 0 spiro atoms. The van der Waals surface area contributed by atoms with E-state index in [1.54, 1.807) is 11.3 Å². The molecule has 1 aromatic heterocycles. The maximum atomic E-state index is 6.11. The second kappa shape index (κ2) is 5.12. The Morgan fingerprint density at radius 1 is 1.44 bits per heavy atom. The van der Waals surface area contributed by atoms with Crippen LogP contribution in [0, 0.1) is 0 Å². The van der Waals surface area contributed by atoms with Gasteiger partial charge in [0.2, 0.25) is 0 Å². The highest BCUT2D eigenvalue weighted by atomic mass is 32.1. The van der Waals surface area contributed by atoms with E-state index in [9.17, 15) is 0 Å². The zero-order chi connectivity index (χ0) is 13.2. The second-order valence-corrected chi connectivity index (χ2v) is 5.66. The molecule has 0 aliphatic heterocycles. The molecule has 0 aliphatic carbocycles. The predicted octanol–water partition coefficient (Wildman–Crippen LogP) is 3.11. The van der Waals surface area contributed by atoms with Gasteiger partial charge in [0.15, 0.2) is 0 Å². The van der Waals surface area contributed by atoms with Crippen molar-refractivity contribution in [2.45, 2.75) is 26.4 Å². The molecule has 1 aromatic carbocycles. The number of nitrogen functional groups attached to an aromatic ring is 1. The highest BCUT2D eigenvalue weighted by molar-refractivity contribution is 7.16. The molecule has 0 radical (unpaired) electrons. The largest absolute Gasteiger partial charge is 0.395 e. The molecule has 2 rings (SSSR count). The molecule has 0 amide bonds. The number of anilines is 2. The molecule has 0 fully saturated rings. The first-order valence-corrected chi connectivity index (χ1v) is 6.91. The third-order valence-electron chi connectivity index (χ3n) is 2.78. The third-order valence-corrected chi connectivity index (χ3v) is 3.58. The molecule has 1 heterocycles. The monoisotopic (exact) mass is 265 g/mol. The van der Waals surface area contributed by atoms with Gasteiger partial charge in [-0.1, -0.05) is 0 Å². The highest BCUT2D eigenvalue weighted by Crippen LogP contribution is 2.30. The Morgan fingerprint density at radius 2 is 2.22 bits per heavy atom. The molecule has 2 aromatic rings. The number of fused-ring (bicyclic) bond motifs is 1. The highest BCUT2D eigenvalue weighted by Gasteiger charge is 2.18. The van der Waals surface area contributed by atoms with E-state index in [1.165, 1.54) is 0 Å². The summed E-state index contributed by atoms with van der Waals surface area (Å²) in [6, 6.07) is 4.04. The summed E-state index contributed by atoms with van der Waals surface area (Å²) in [5.41, 5.74) is 10.2. The van der Waals surface area contributed by atoms with Crippen LogP contribution in [0.3, 0.4) is 0 Å². The van der Waals surface area contributed by atoms with E-state index >= 15 is 0 Å². The molecule has 5 heteroatoms. The first kappa shape index (κ1) is 13.1. The first-order valence-electron chi connectivity index (χ1n) is 6.03. The zero-order valence-electron chi connectivity index (χ0n) is 11.0. The van der Waals surface area contributed by atoms with Gasteiger partial charge in [-0.2, -0.15) is 0 Å². The van der Waals surface area contributed by atoms with E-state index in [4.69, 9.17) is 10.5 Å². The molecule has 0 atom stereocenters. The van der Waals surface area contributed by atoms with E-state index in [0.717, 1.165) is 15.9 Å². The summed E-state index contributed by atoms with van der Waals surface area (Å²) in [4.78, 5) is 4.28. The van der Waals surface area contributed by atoms with Crippen LogP contribution in [0.4, 0.5) is 11.4 Å². The molecule has 0 unspecified atom stereocenters.